The van der Waals surface area contributed by atoms with Gasteiger partial charge in [0.1, 0.15) is 0 Å². The van der Waals surface area contributed by atoms with Crippen LogP contribution in [0.15, 0.2) is 79.4 Å². The topological polar surface area (TPSA) is 9.23 Å². The minimum atomic E-state index is -3.79. The fraction of sp³-hybridized carbons (Fsp3) is 0.214. The lowest BCUT2D eigenvalue weighted by Crippen LogP contribution is -2.22. The van der Waals surface area contributed by atoms with Crippen LogP contribution in [-0.4, -0.2) is 0 Å². The lowest BCUT2D eigenvalue weighted by molar-refractivity contribution is -0.186. The summed E-state index contributed by atoms with van der Waals surface area (Å²) in [6, 6.07) is 11.4. The van der Waals surface area contributed by atoms with E-state index >= 15 is 0 Å². The predicted octanol–water partition coefficient (Wildman–Crippen LogP) is 8.53. The quantitative estimate of drug-likeness (QED) is 0.212. The normalized spacial score (nSPS) is 11.7. The first-order valence-electron chi connectivity index (χ1n) is 10.9. The van der Waals surface area contributed by atoms with Crippen molar-refractivity contribution in [3.8, 4) is 16.9 Å². The summed E-state index contributed by atoms with van der Waals surface area (Å²) >= 11 is 0. The van der Waals surface area contributed by atoms with Crippen LogP contribution in [0.25, 0.3) is 11.1 Å². The summed E-state index contributed by atoms with van der Waals surface area (Å²) in [4.78, 5) is 0. The van der Waals surface area contributed by atoms with Gasteiger partial charge in [-0.1, -0.05) is 48.6 Å². The zero-order valence-corrected chi connectivity index (χ0v) is 18.8. The molecule has 3 rings (SSSR count). The molecule has 0 fully saturated rings. The molecule has 0 atom stereocenters. The summed E-state index contributed by atoms with van der Waals surface area (Å²) in [5.41, 5.74) is 0.475. The van der Waals surface area contributed by atoms with Crippen molar-refractivity contribution in [2.75, 3.05) is 0 Å². The third kappa shape index (κ3) is 5.93. The van der Waals surface area contributed by atoms with E-state index in [4.69, 9.17) is 0 Å². The number of hydrogen-bond donors (Lipinski definition) is 0. The molecular formula is C28H25F5O. The minimum absolute atomic E-state index is 0.0103. The van der Waals surface area contributed by atoms with E-state index < -0.39 is 34.9 Å². The van der Waals surface area contributed by atoms with Gasteiger partial charge in [-0.15, -0.1) is 6.58 Å². The van der Waals surface area contributed by atoms with Crippen LogP contribution in [0.3, 0.4) is 0 Å². The van der Waals surface area contributed by atoms with Gasteiger partial charge in [0.15, 0.2) is 23.2 Å². The zero-order chi connectivity index (χ0) is 24.7. The molecule has 0 aromatic heterocycles. The highest BCUT2D eigenvalue weighted by Gasteiger charge is 2.35. The maximum absolute atomic E-state index is 14.6. The summed E-state index contributed by atoms with van der Waals surface area (Å²) in [7, 11) is 0. The van der Waals surface area contributed by atoms with Crippen molar-refractivity contribution in [2.45, 2.75) is 38.7 Å². The predicted molar refractivity (Wildman–Crippen MR) is 124 cm³/mol. The molecule has 0 saturated carbocycles. The van der Waals surface area contributed by atoms with Crippen molar-refractivity contribution < 1.29 is 26.7 Å². The van der Waals surface area contributed by atoms with Gasteiger partial charge in [0.25, 0.3) is 0 Å². The van der Waals surface area contributed by atoms with E-state index in [1.54, 1.807) is 18.2 Å². The standard InChI is InChI=1S/C28H25F5O/c1-3-5-7-9-20-12-16-23(27(31)26(20)30)21-13-17-25(24(29)18-21)34-28(32,33)22-14-10-19(11-15-22)8-6-4-2/h3-5,10-18H,2,6-9H2,1H3/b5-3+. The highest BCUT2D eigenvalue weighted by atomic mass is 19.3. The summed E-state index contributed by atoms with van der Waals surface area (Å²) in [6.45, 7) is 5.45. The first-order valence-corrected chi connectivity index (χ1v) is 10.9. The average molecular weight is 472 g/mol. The summed E-state index contributed by atoms with van der Waals surface area (Å²) in [5.74, 6) is -3.94. The number of halogens is 5. The molecule has 34 heavy (non-hydrogen) atoms. The first-order chi connectivity index (χ1) is 16.3. The molecule has 3 aromatic rings. The van der Waals surface area contributed by atoms with Gasteiger partial charge in [-0.3, -0.25) is 0 Å². The second-order valence-corrected chi connectivity index (χ2v) is 7.80. The second kappa shape index (κ2) is 11.1. The number of alkyl halides is 2. The van der Waals surface area contributed by atoms with Crippen molar-refractivity contribution >= 4 is 0 Å². The SMILES string of the molecule is C=CCCc1ccc(C(F)(F)Oc2ccc(-c3ccc(CC/C=C/C)c(F)c3F)cc2F)cc1. The molecule has 0 aliphatic carbocycles. The van der Waals surface area contributed by atoms with Gasteiger partial charge >= 0.3 is 6.11 Å². The second-order valence-electron chi connectivity index (χ2n) is 7.80. The van der Waals surface area contributed by atoms with Crippen LogP contribution in [0.5, 0.6) is 5.75 Å². The van der Waals surface area contributed by atoms with Crippen LogP contribution >= 0.6 is 0 Å². The smallest absolute Gasteiger partial charge is 0.426 e. The van der Waals surface area contributed by atoms with Gasteiger partial charge in [-0.2, -0.15) is 8.78 Å². The van der Waals surface area contributed by atoms with Crippen LogP contribution in [0, 0.1) is 17.5 Å². The molecule has 178 valence electrons. The molecule has 0 amide bonds. The Labute approximate surface area is 196 Å². The Morgan fingerprint density at radius 3 is 2.26 bits per heavy atom. The molecular weight excluding hydrogens is 447 g/mol. The van der Waals surface area contributed by atoms with Gasteiger partial charge in [-0.05, 0) is 73.6 Å². The Hall–Kier alpha value is -3.41. The van der Waals surface area contributed by atoms with Crippen molar-refractivity contribution in [1.29, 1.82) is 0 Å². The third-order valence-corrected chi connectivity index (χ3v) is 5.39. The molecule has 6 heteroatoms. The van der Waals surface area contributed by atoms with Crippen LogP contribution in [-0.2, 0) is 19.0 Å². The van der Waals surface area contributed by atoms with Gasteiger partial charge in [-0.25, -0.2) is 13.2 Å². The monoisotopic (exact) mass is 472 g/mol. The Bertz CT molecular complexity index is 1170. The van der Waals surface area contributed by atoms with E-state index in [0.717, 1.165) is 17.7 Å². The molecule has 0 saturated heterocycles. The molecule has 0 heterocycles. The Morgan fingerprint density at radius 2 is 1.62 bits per heavy atom. The van der Waals surface area contributed by atoms with Crippen molar-refractivity contribution in [2.24, 2.45) is 0 Å². The van der Waals surface area contributed by atoms with Crippen LogP contribution in [0.2, 0.25) is 0 Å². The lowest BCUT2D eigenvalue weighted by atomic mass is 10.00. The Morgan fingerprint density at radius 1 is 0.882 bits per heavy atom. The van der Waals surface area contributed by atoms with E-state index in [1.807, 2.05) is 19.1 Å². The molecule has 0 aliphatic heterocycles. The number of allylic oxidation sites excluding steroid dienone is 3. The highest BCUT2D eigenvalue weighted by molar-refractivity contribution is 5.65. The van der Waals surface area contributed by atoms with E-state index in [9.17, 15) is 22.0 Å². The molecule has 3 aromatic carbocycles. The molecule has 1 nitrogen and oxygen atoms in total. The third-order valence-electron chi connectivity index (χ3n) is 5.39. The largest absolute Gasteiger partial charge is 0.426 e. The molecule has 0 bridgehead atoms. The van der Waals surface area contributed by atoms with Crippen LogP contribution < -0.4 is 4.74 Å². The molecule has 0 N–H and O–H groups in total. The molecule has 0 spiro atoms. The fourth-order valence-electron chi connectivity index (χ4n) is 3.49. The highest BCUT2D eigenvalue weighted by Crippen LogP contribution is 2.35. The molecule has 0 radical (unpaired) electrons. The van der Waals surface area contributed by atoms with Crippen LogP contribution in [0.4, 0.5) is 22.0 Å². The minimum Gasteiger partial charge on any atom is -0.426 e. The number of rotatable bonds is 10. The van der Waals surface area contributed by atoms with E-state index in [1.165, 1.54) is 30.3 Å². The van der Waals surface area contributed by atoms with Gasteiger partial charge in [0, 0.05) is 5.56 Å². The Balaban J connectivity index is 1.79. The number of hydrogen-bond acceptors (Lipinski definition) is 1. The fourth-order valence-corrected chi connectivity index (χ4v) is 3.49. The molecule has 0 unspecified atom stereocenters. The molecule has 0 aliphatic rings. The van der Waals surface area contributed by atoms with Gasteiger partial charge in [0.05, 0.1) is 5.56 Å². The van der Waals surface area contributed by atoms with Crippen molar-refractivity contribution in [1.82, 2.24) is 0 Å². The van der Waals surface area contributed by atoms with Crippen molar-refractivity contribution in [3.05, 3.63) is 114 Å². The maximum Gasteiger partial charge on any atom is 0.426 e. The van der Waals surface area contributed by atoms with Gasteiger partial charge in [0.2, 0.25) is 0 Å². The summed E-state index contributed by atoms with van der Waals surface area (Å²) in [6.07, 6.45) is 3.86. The number of benzene rings is 3. The Kier molecular flexibility index (Phi) is 8.26. The summed E-state index contributed by atoms with van der Waals surface area (Å²) in [5, 5.41) is 0. The van der Waals surface area contributed by atoms with Gasteiger partial charge < -0.3 is 4.74 Å². The zero-order valence-electron chi connectivity index (χ0n) is 18.8. The lowest BCUT2D eigenvalue weighted by Gasteiger charge is -2.19. The number of ether oxygens (including phenoxy) is 1. The number of aryl methyl sites for hydroxylation is 2. The van der Waals surface area contributed by atoms with E-state index in [2.05, 4.69) is 11.3 Å². The maximum atomic E-state index is 14.6. The van der Waals surface area contributed by atoms with Crippen molar-refractivity contribution in [3.63, 3.8) is 0 Å². The summed E-state index contributed by atoms with van der Waals surface area (Å²) < 4.78 is 77.5. The van der Waals surface area contributed by atoms with E-state index in [0.29, 0.717) is 25.7 Å². The first kappa shape index (κ1) is 25.2. The average Bonchev–Trinajstić information content (AvgIpc) is 2.82. The van der Waals surface area contributed by atoms with Crippen LogP contribution in [0.1, 0.15) is 36.5 Å². The van der Waals surface area contributed by atoms with E-state index in [-0.39, 0.29) is 16.7 Å².